The van der Waals surface area contributed by atoms with E-state index in [-0.39, 0.29) is 12.1 Å². The Labute approximate surface area is 167 Å². The minimum atomic E-state index is -0.600. The molecule has 0 bridgehead atoms. The number of hydrogen-bond donors (Lipinski definition) is 2. The van der Waals surface area contributed by atoms with Crippen molar-refractivity contribution in [2.75, 3.05) is 5.32 Å². The zero-order valence-corrected chi connectivity index (χ0v) is 15.6. The van der Waals surface area contributed by atoms with Crippen molar-refractivity contribution in [2.45, 2.75) is 12.5 Å². The highest BCUT2D eigenvalue weighted by molar-refractivity contribution is 6.33. The van der Waals surface area contributed by atoms with Crippen LogP contribution < -0.4 is 10.6 Å². The fourth-order valence-corrected chi connectivity index (χ4v) is 2.99. The van der Waals surface area contributed by atoms with Gasteiger partial charge in [0, 0.05) is 0 Å². The van der Waals surface area contributed by atoms with Crippen LogP contribution in [0.4, 0.5) is 10.1 Å². The predicted octanol–water partition coefficient (Wildman–Crippen LogP) is 4.98. The molecule has 2 amide bonds. The summed E-state index contributed by atoms with van der Waals surface area (Å²) in [7, 11) is 0. The van der Waals surface area contributed by atoms with Crippen molar-refractivity contribution >= 4 is 29.1 Å². The average molecular weight is 397 g/mol. The smallest absolute Gasteiger partial charge is 0.253 e. The monoisotopic (exact) mass is 396 g/mol. The molecule has 0 unspecified atom stereocenters. The maximum Gasteiger partial charge on any atom is 0.253 e. The summed E-state index contributed by atoms with van der Waals surface area (Å²) in [6, 6.07) is 21.1. The quantitative estimate of drug-likeness (QED) is 0.617. The van der Waals surface area contributed by atoms with E-state index in [4.69, 9.17) is 11.6 Å². The summed E-state index contributed by atoms with van der Waals surface area (Å²) >= 11 is 6.10. The number of rotatable bonds is 6. The van der Waals surface area contributed by atoms with Gasteiger partial charge in [-0.1, -0.05) is 66.2 Å². The van der Waals surface area contributed by atoms with Crippen molar-refractivity contribution in [3.8, 4) is 0 Å². The van der Waals surface area contributed by atoms with E-state index in [1.54, 1.807) is 36.4 Å². The molecule has 0 radical (unpaired) electrons. The van der Waals surface area contributed by atoms with Crippen LogP contribution in [-0.4, -0.2) is 11.8 Å². The molecule has 6 heteroatoms. The number of para-hydroxylation sites is 1. The molecule has 28 heavy (non-hydrogen) atoms. The van der Waals surface area contributed by atoms with Gasteiger partial charge in [-0.2, -0.15) is 0 Å². The van der Waals surface area contributed by atoms with Gasteiger partial charge in [0.15, 0.2) is 0 Å². The van der Waals surface area contributed by atoms with Gasteiger partial charge in [0.1, 0.15) is 5.82 Å². The second kappa shape index (κ2) is 9.15. The minimum Gasteiger partial charge on any atom is -0.345 e. The molecule has 3 aromatic carbocycles. The SMILES string of the molecule is O=C(C[C@@H](NC(=O)c1ccccc1Cl)c1ccccc1)Nc1ccccc1F. The first-order valence-electron chi connectivity index (χ1n) is 8.69. The molecule has 0 saturated heterocycles. The Morgan fingerprint density at radius 1 is 0.893 bits per heavy atom. The van der Waals surface area contributed by atoms with Crippen molar-refractivity contribution in [3.05, 3.63) is 101 Å². The molecule has 3 aromatic rings. The third kappa shape index (κ3) is 4.96. The van der Waals surface area contributed by atoms with Gasteiger partial charge >= 0.3 is 0 Å². The molecule has 0 aliphatic carbocycles. The van der Waals surface area contributed by atoms with Crippen molar-refractivity contribution in [2.24, 2.45) is 0 Å². The molecule has 0 fully saturated rings. The number of carbonyl (C=O) groups is 2. The van der Waals surface area contributed by atoms with Gasteiger partial charge in [0.25, 0.3) is 5.91 Å². The van der Waals surface area contributed by atoms with Crippen molar-refractivity contribution in [1.82, 2.24) is 5.32 Å². The van der Waals surface area contributed by atoms with Gasteiger partial charge in [-0.3, -0.25) is 9.59 Å². The van der Waals surface area contributed by atoms with E-state index in [9.17, 15) is 14.0 Å². The summed E-state index contributed by atoms with van der Waals surface area (Å²) in [5.41, 5.74) is 1.17. The zero-order chi connectivity index (χ0) is 19.9. The molecular weight excluding hydrogens is 379 g/mol. The largest absolute Gasteiger partial charge is 0.345 e. The fraction of sp³-hybridized carbons (Fsp3) is 0.0909. The van der Waals surface area contributed by atoms with Crippen LogP contribution in [0.1, 0.15) is 28.4 Å². The maximum atomic E-state index is 13.8. The Kier molecular flexibility index (Phi) is 6.40. The molecule has 0 aliphatic heterocycles. The van der Waals surface area contributed by atoms with Gasteiger partial charge in [0.2, 0.25) is 5.91 Å². The van der Waals surface area contributed by atoms with E-state index >= 15 is 0 Å². The molecule has 4 nitrogen and oxygen atoms in total. The van der Waals surface area contributed by atoms with Crippen LogP contribution in [0.2, 0.25) is 5.02 Å². The summed E-state index contributed by atoms with van der Waals surface area (Å²) in [4.78, 5) is 25.1. The Bertz CT molecular complexity index is 979. The minimum absolute atomic E-state index is 0.0610. The van der Waals surface area contributed by atoms with Gasteiger partial charge in [-0.15, -0.1) is 0 Å². The molecule has 2 N–H and O–H groups in total. The summed E-state index contributed by atoms with van der Waals surface area (Å²) in [5, 5.41) is 5.71. The van der Waals surface area contributed by atoms with Gasteiger partial charge < -0.3 is 10.6 Å². The lowest BCUT2D eigenvalue weighted by Gasteiger charge is -2.19. The Morgan fingerprint density at radius 2 is 1.54 bits per heavy atom. The van der Waals surface area contributed by atoms with E-state index in [0.29, 0.717) is 10.6 Å². The fourth-order valence-electron chi connectivity index (χ4n) is 2.77. The summed E-state index contributed by atoms with van der Waals surface area (Å²) < 4.78 is 13.8. The summed E-state index contributed by atoms with van der Waals surface area (Å²) in [6.07, 6.45) is -0.0610. The molecule has 0 aromatic heterocycles. The number of benzene rings is 3. The molecule has 1 atom stereocenters. The van der Waals surface area contributed by atoms with Gasteiger partial charge in [-0.05, 0) is 29.8 Å². The maximum absolute atomic E-state index is 13.8. The van der Waals surface area contributed by atoms with Crippen molar-refractivity contribution < 1.29 is 14.0 Å². The normalized spacial score (nSPS) is 11.5. The van der Waals surface area contributed by atoms with E-state index in [0.717, 1.165) is 5.56 Å². The number of amides is 2. The first-order chi connectivity index (χ1) is 13.5. The number of anilines is 1. The van der Waals surface area contributed by atoms with Crippen LogP contribution >= 0.6 is 11.6 Å². The van der Waals surface area contributed by atoms with Crippen LogP contribution in [0.25, 0.3) is 0 Å². The van der Waals surface area contributed by atoms with E-state index in [1.165, 1.54) is 12.1 Å². The standard InChI is InChI=1S/C22H18ClFN2O2/c23-17-11-5-4-10-16(17)22(28)26-20(15-8-2-1-3-9-15)14-21(27)25-19-13-7-6-12-18(19)24/h1-13,20H,14H2,(H,25,27)(H,26,28)/t20-/m1/s1. The van der Waals surface area contributed by atoms with Crippen LogP contribution in [0, 0.1) is 5.82 Å². The van der Waals surface area contributed by atoms with Crippen LogP contribution in [0.5, 0.6) is 0 Å². The highest BCUT2D eigenvalue weighted by Crippen LogP contribution is 2.21. The zero-order valence-electron chi connectivity index (χ0n) is 14.9. The lowest BCUT2D eigenvalue weighted by molar-refractivity contribution is -0.116. The first-order valence-corrected chi connectivity index (χ1v) is 9.07. The summed E-state index contributed by atoms with van der Waals surface area (Å²) in [5.74, 6) is -1.33. The van der Waals surface area contributed by atoms with Gasteiger partial charge in [0.05, 0.1) is 28.7 Å². The molecule has 142 valence electrons. The van der Waals surface area contributed by atoms with Crippen LogP contribution in [-0.2, 0) is 4.79 Å². The Morgan fingerprint density at radius 3 is 2.25 bits per heavy atom. The molecule has 0 saturated carbocycles. The van der Waals surface area contributed by atoms with Crippen LogP contribution in [0.15, 0.2) is 78.9 Å². The number of halogens is 2. The summed E-state index contributed by atoms with van der Waals surface area (Å²) in [6.45, 7) is 0. The molecule has 0 spiro atoms. The average Bonchev–Trinajstić information content (AvgIpc) is 2.70. The van der Waals surface area contributed by atoms with E-state index in [2.05, 4.69) is 10.6 Å². The topological polar surface area (TPSA) is 58.2 Å². The van der Waals surface area contributed by atoms with Crippen LogP contribution in [0.3, 0.4) is 0 Å². The third-order valence-corrected chi connectivity index (χ3v) is 4.49. The van der Waals surface area contributed by atoms with E-state index in [1.807, 2.05) is 30.3 Å². The van der Waals surface area contributed by atoms with E-state index < -0.39 is 23.7 Å². The number of carbonyl (C=O) groups excluding carboxylic acids is 2. The molecule has 0 heterocycles. The Balaban J connectivity index is 1.78. The highest BCUT2D eigenvalue weighted by atomic mass is 35.5. The van der Waals surface area contributed by atoms with Crippen molar-refractivity contribution in [1.29, 1.82) is 0 Å². The number of nitrogens with one attached hydrogen (secondary N) is 2. The second-order valence-corrected chi connectivity index (χ2v) is 6.56. The first kappa shape index (κ1) is 19.6. The third-order valence-electron chi connectivity index (χ3n) is 4.16. The predicted molar refractivity (Wildman–Crippen MR) is 108 cm³/mol. The lowest BCUT2D eigenvalue weighted by atomic mass is 10.0. The van der Waals surface area contributed by atoms with Gasteiger partial charge in [-0.25, -0.2) is 4.39 Å². The number of hydrogen-bond acceptors (Lipinski definition) is 2. The molecule has 0 aliphatic rings. The highest BCUT2D eigenvalue weighted by Gasteiger charge is 2.21. The lowest BCUT2D eigenvalue weighted by Crippen LogP contribution is -2.31. The van der Waals surface area contributed by atoms with Crippen molar-refractivity contribution in [3.63, 3.8) is 0 Å². The molecular formula is C22H18ClFN2O2. The second-order valence-electron chi connectivity index (χ2n) is 6.15. The molecule has 3 rings (SSSR count). The Hall–Kier alpha value is -3.18.